The molecule has 0 radical (unpaired) electrons. The highest BCUT2D eigenvalue weighted by atomic mass is 35.5. The van der Waals surface area contributed by atoms with Crippen molar-refractivity contribution in [3.8, 4) is 5.88 Å². The lowest BCUT2D eigenvalue weighted by Gasteiger charge is -2.12. The molecule has 3 heterocycles. The van der Waals surface area contributed by atoms with Crippen LogP contribution in [-0.4, -0.2) is 34.1 Å². The van der Waals surface area contributed by atoms with Crippen LogP contribution in [0.2, 0.25) is 5.02 Å². The number of fused-ring (bicyclic) bond motifs is 1. The topological polar surface area (TPSA) is 130 Å². The van der Waals surface area contributed by atoms with E-state index >= 15 is 0 Å². The van der Waals surface area contributed by atoms with E-state index in [0.29, 0.717) is 27.4 Å². The number of primary amides is 1. The lowest BCUT2D eigenvalue weighted by Crippen LogP contribution is -2.36. The summed E-state index contributed by atoms with van der Waals surface area (Å²) in [5.41, 5.74) is 11.8. The predicted molar refractivity (Wildman–Crippen MR) is 118 cm³/mol. The van der Waals surface area contributed by atoms with Crippen LogP contribution in [0, 0.1) is 6.92 Å². The lowest BCUT2D eigenvalue weighted by atomic mass is 10.1. The van der Waals surface area contributed by atoms with Gasteiger partial charge in [0.25, 0.3) is 5.91 Å². The first kappa shape index (κ1) is 21.1. The number of anilines is 1. The zero-order chi connectivity index (χ0) is 22.2. The number of nitrogens with two attached hydrogens (primary N) is 2. The number of carbonyl (C=O) groups excluding carboxylic acids is 2. The SMILES string of the molecule is Cc1c(Cl)c(OCCCc2ccccn2)nc2sc(C(=O)OC3(C(N)=O)C=C3)c(N)c12. The first-order valence-electron chi connectivity index (χ1n) is 9.47. The molecule has 4 rings (SSSR count). The molecule has 160 valence electrons. The summed E-state index contributed by atoms with van der Waals surface area (Å²) in [7, 11) is 0. The van der Waals surface area contributed by atoms with Crippen molar-refractivity contribution in [2.24, 2.45) is 5.73 Å². The number of ether oxygens (including phenoxy) is 2. The largest absolute Gasteiger partial charge is 0.477 e. The Morgan fingerprint density at radius 3 is 2.71 bits per heavy atom. The van der Waals surface area contributed by atoms with Gasteiger partial charge in [0, 0.05) is 17.3 Å². The summed E-state index contributed by atoms with van der Waals surface area (Å²) in [6, 6.07) is 5.76. The van der Waals surface area contributed by atoms with Gasteiger partial charge in [-0.1, -0.05) is 17.7 Å². The molecule has 8 nitrogen and oxygen atoms in total. The summed E-state index contributed by atoms with van der Waals surface area (Å²) >= 11 is 7.49. The van der Waals surface area contributed by atoms with Crippen molar-refractivity contribution >= 4 is 50.7 Å². The molecule has 0 atom stereocenters. The minimum Gasteiger partial charge on any atom is -0.477 e. The predicted octanol–water partition coefficient (Wildman–Crippen LogP) is 3.20. The van der Waals surface area contributed by atoms with Gasteiger partial charge in [0.1, 0.15) is 14.7 Å². The molecule has 0 aliphatic heterocycles. The quantitative estimate of drug-likeness (QED) is 0.301. The summed E-state index contributed by atoms with van der Waals surface area (Å²) < 4.78 is 11.0. The van der Waals surface area contributed by atoms with Gasteiger partial charge < -0.3 is 20.9 Å². The molecule has 1 aliphatic rings. The van der Waals surface area contributed by atoms with E-state index in [9.17, 15) is 9.59 Å². The Kier molecular flexibility index (Phi) is 5.55. The third-order valence-electron chi connectivity index (χ3n) is 4.87. The van der Waals surface area contributed by atoms with Crippen molar-refractivity contribution in [1.82, 2.24) is 9.97 Å². The first-order chi connectivity index (χ1) is 14.8. The summed E-state index contributed by atoms with van der Waals surface area (Å²) in [4.78, 5) is 33.4. The second-order valence-electron chi connectivity index (χ2n) is 7.03. The fourth-order valence-corrected chi connectivity index (χ4v) is 4.27. The van der Waals surface area contributed by atoms with Crippen LogP contribution >= 0.6 is 22.9 Å². The zero-order valence-electron chi connectivity index (χ0n) is 16.6. The Balaban J connectivity index is 1.52. The molecule has 31 heavy (non-hydrogen) atoms. The summed E-state index contributed by atoms with van der Waals surface area (Å²) in [5.74, 6) is -1.25. The maximum Gasteiger partial charge on any atom is 0.352 e. The van der Waals surface area contributed by atoms with Crippen LogP contribution in [0.3, 0.4) is 0 Å². The van der Waals surface area contributed by atoms with Crippen molar-refractivity contribution in [3.63, 3.8) is 0 Å². The highest BCUT2D eigenvalue weighted by Gasteiger charge is 2.45. The summed E-state index contributed by atoms with van der Waals surface area (Å²) in [6.45, 7) is 2.18. The number of hydrogen-bond donors (Lipinski definition) is 2. The number of aromatic nitrogens is 2. The number of amides is 1. The molecular formula is C21H19ClN4O4S. The molecule has 1 aliphatic carbocycles. The third kappa shape index (κ3) is 4.06. The van der Waals surface area contributed by atoms with Crippen LogP contribution in [0.15, 0.2) is 36.5 Å². The molecule has 0 fully saturated rings. The minimum atomic E-state index is -1.47. The van der Waals surface area contributed by atoms with Gasteiger partial charge >= 0.3 is 5.97 Å². The molecule has 0 unspecified atom stereocenters. The van der Waals surface area contributed by atoms with Crippen LogP contribution in [-0.2, 0) is 16.0 Å². The van der Waals surface area contributed by atoms with Crippen LogP contribution in [0.1, 0.15) is 27.3 Å². The van der Waals surface area contributed by atoms with Crippen LogP contribution in [0.5, 0.6) is 5.88 Å². The molecule has 10 heteroatoms. The average molecular weight is 459 g/mol. The zero-order valence-corrected chi connectivity index (χ0v) is 18.1. The molecular weight excluding hydrogens is 440 g/mol. The normalized spacial score (nSPS) is 13.9. The Labute approximate surface area is 186 Å². The molecule has 3 aromatic heterocycles. The van der Waals surface area contributed by atoms with E-state index in [4.69, 9.17) is 32.5 Å². The smallest absolute Gasteiger partial charge is 0.352 e. The van der Waals surface area contributed by atoms with Gasteiger partial charge in [-0.2, -0.15) is 0 Å². The maximum absolute atomic E-state index is 12.6. The summed E-state index contributed by atoms with van der Waals surface area (Å²) in [6.07, 6.45) is 6.07. The van der Waals surface area contributed by atoms with E-state index in [1.165, 1.54) is 12.2 Å². The van der Waals surface area contributed by atoms with Crippen molar-refractivity contribution in [2.75, 3.05) is 12.3 Å². The van der Waals surface area contributed by atoms with Crippen molar-refractivity contribution in [2.45, 2.75) is 25.4 Å². The molecule has 0 aromatic carbocycles. The molecule has 3 aromatic rings. The van der Waals surface area contributed by atoms with E-state index < -0.39 is 17.5 Å². The highest BCUT2D eigenvalue weighted by Crippen LogP contribution is 2.42. The van der Waals surface area contributed by atoms with Crippen molar-refractivity contribution in [1.29, 1.82) is 0 Å². The third-order valence-corrected chi connectivity index (χ3v) is 6.39. The molecule has 0 spiro atoms. The minimum absolute atomic E-state index is 0.128. The first-order valence-corrected chi connectivity index (χ1v) is 10.7. The number of esters is 1. The standard InChI is InChI=1S/C21H19ClN4O4S/c1-11-13-15(23)16(19(27)30-21(7-8-21)20(24)28)31-18(13)26-17(14(11)22)29-10-4-6-12-5-2-3-9-25-12/h2-3,5,7-9H,4,6,10,23H2,1H3,(H2,24,28). The average Bonchev–Trinajstić information content (AvgIpc) is 3.46. The van der Waals surface area contributed by atoms with Gasteiger partial charge in [0.15, 0.2) is 0 Å². The monoisotopic (exact) mass is 458 g/mol. The fourth-order valence-electron chi connectivity index (χ4n) is 3.06. The van der Waals surface area contributed by atoms with Gasteiger partial charge in [-0.05, 0) is 49.6 Å². The fraction of sp³-hybridized carbons (Fsp3) is 0.238. The van der Waals surface area contributed by atoms with Gasteiger partial charge in [0.2, 0.25) is 11.5 Å². The molecule has 0 saturated carbocycles. The highest BCUT2D eigenvalue weighted by molar-refractivity contribution is 7.21. The van der Waals surface area contributed by atoms with E-state index in [1.54, 1.807) is 13.1 Å². The number of nitrogens with zero attached hydrogens (tertiary/aromatic N) is 2. The van der Waals surface area contributed by atoms with Crippen LogP contribution in [0.25, 0.3) is 10.2 Å². The molecule has 1 amide bonds. The lowest BCUT2D eigenvalue weighted by molar-refractivity contribution is -0.127. The molecule has 0 bridgehead atoms. The Morgan fingerprint density at radius 2 is 2.06 bits per heavy atom. The number of pyridine rings is 2. The van der Waals surface area contributed by atoms with Gasteiger partial charge in [-0.3, -0.25) is 9.78 Å². The van der Waals surface area contributed by atoms with Crippen LogP contribution in [0.4, 0.5) is 5.69 Å². The second kappa shape index (κ2) is 8.16. The number of aryl methyl sites for hydroxylation is 2. The number of nitrogen functional groups attached to an aromatic ring is 1. The Hall–Kier alpha value is -3.17. The van der Waals surface area contributed by atoms with Crippen molar-refractivity contribution in [3.05, 3.63) is 57.7 Å². The van der Waals surface area contributed by atoms with E-state index in [2.05, 4.69) is 9.97 Å². The van der Waals surface area contributed by atoms with E-state index in [1.807, 2.05) is 18.2 Å². The molecule has 4 N–H and O–H groups in total. The number of rotatable bonds is 8. The number of halogens is 1. The Morgan fingerprint density at radius 1 is 1.29 bits per heavy atom. The maximum atomic E-state index is 12.6. The van der Waals surface area contributed by atoms with Crippen molar-refractivity contribution < 1.29 is 19.1 Å². The van der Waals surface area contributed by atoms with E-state index in [0.717, 1.165) is 29.9 Å². The van der Waals surface area contributed by atoms with Gasteiger partial charge in [0.05, 0.1) is 12.3 Å². The van der Waals surface area contributed by atoms with E-state index in [-0.39, 0.29) is 16.4 Å². The number of carbonyl (C=O) groups is 2. The van der Waals surface area contributed by atoms with Gasteiger partial charge in [-0.25, -0.2) is 9.78 Å². The second-order valence-corrected chi connectivity index (χ2v) is 8.41. The molecule has 0 saturated heterocycles. The Bertz CT molecular complexity index is 1200. The number of thiophene rings is 1. The number of hydrogen-bond acceptors (Lipinski definition) is 8. The van der Waals surface area contributed by atoms with Gasteiger partial charge in [-0.15, -0.1) is 11.3 Å². The summed E-state index contributed by atoms with van der Waals surface area (Å²) in [5, 5.41) is 0.881. The van der Waals surface area contributed by atoms with Crippen LogP contribution < -0.4 is 16.2 Å².